The SMILES string of the molecule is O=C(Cn1ccnn1)Nc1cccc(C(=O)O)c1. The van der Waals surface area contributed by atoms with Crippen LogP contribution >= 0.6 is 0 Å². The van der Waals surface area contributed by atoms with E-state index in [1.807, 2.05) is 0 Å². The Balaban J connectivity index is 2.03. The van der Waals surface area contributed by atoms with Gasteiger partial charge in [0.15, 0.2) is 0 Å². The number of carbonyl (C=O) groups excluding carboxylic acids is 1. The number of nitrogens with zero attached hydrogens (tertiary/aromatic N) is 3. The molecular weight excluding hydrogens is 236 g/mol. The van der Waals surface area contributed by atoms with Gasteiger partial charge in [-0.2, -0.15) is 0 Å². The molecular formula is C11H10N4O3. The quantitative estimate of drug-likeness (QED) is 0.824. The molecule has 18 heavy (non-hydrogen) atoms. The summed E-state index contributed by atoms with van der Waals surface area (Å²) in [7, 11) is 0. The Kier molecular flexibility index (Phi) is 3.33. The fourth-order valence-electron chi connectivity index (χ4n) is 1.39. The highest BCUT2D eigenvalue weighted by molar-refractivity contribution is 5.93. The molecule has 92 valence electrons. The average Bonchev–Trinajstić information content (AvgIpc) is 2.82. The van der Waals surface area contributed by atoms with E-state index in [2.05, 4.69) is 15.6 Å². The summed E-state index contributed by atoms with van der Waals surface area (Å²) >= 11 is 0. The van der Waals surface area contributed by atoms with Gasteiger partial charge in [0.2, 0.25) is 5.91 Å². The molecule has 0 aliphatic rings. The Bertz CT molecular complexity index is 565. The summed E-state index contributed by atoms with van der Waals surface area (Å²) in [6, 6.07) is 6.02. The molecule has 0 aliphatic heterocycles. The Morgan fingerprint density at radius 3 is 2.89 bits per heavy atom. The Morgan fingerprint density at radius 2 is 2.22 bits per heavy atom. The van der Waals surface area contributed by atoms with Gasteiger partial charge in [-0.25, -0.2) is 9.48 Å². The van der Waals surface area contributed by atoms with Crippen molar-refractivity contribution in [3.05, 3.63) is 42.2 Å². The lowest BCUT2D eigenvalue weighted by Gasteiger charge is -2.05. The first-order chi connectivity index (χ1) is 8.65. The molecule has 0 radical (unpaired) electrons. The summed E-state index contributed by atoms with van der Waals surface area (Å²) in [6.07, 6.45) is 3.03. The number of amides is 1. The van der Waals surface area contributed by atoms with Crippen LogP contribution in [-0.2, 0) is 11.3 Å². The van der Waals surface area contributed by atoms with E-state index >= 15 is 0 Å². The Morgan fingerprint density at radius 1 is 1.39 bits per heavy atom. The van der Waals surface area contributed by atoms with Crippen LogP contribution < -0.4 is 5.32 Å². The fraction of sp³-hybridized carbons (Fsp3) is 0.0909. The normalized spacial score (nSPS) is 10.0. The monoisotopic (exact) mass is 246 g/mol. The second-order valence-electron chi connectivity index (χ2n) is 3.53. The summed E-state index contributed by atoms with van der Waals surface area (Å²) in [5.74, 6) is -1.34. The van der Waals surface area contributed by atoms with Crippen molar-refractivity contribution in [3.8, 4) is 0 Å². The van der Waals surface area contributed by atoms with E-state index in [4.69, 9.17) is 5.11 Å². The maximum Gasteiger partial charge on any atom is 0.335 e. The van der Waals surface area contributed by atoms with Crippen LogP contribution in [0.3, 0.4) is 0 Å². The number of hydrogen-bond acceptors (Lipinski definition) is 4. The molecule has 0 saturated heterocycles. The van der Waals surface area contributed by atoms with Crippen LogP contribution in [0.1, 0.15) is 10.4 Å². The molecule has 2 aromatic rings. The van der Waals surface area contributed by atoms with Crippen molar-refractivity contribution in [2.24, 2.45) is 0 Å². The second kappa shape index (κ2) is 5.09. The van der Waals surface area contributed by atoms with Gasteiger partial charge in [0.1, 0.15) is 6.54 Å². The molecule has 1 amide bonds. The number of carboxylic acid groups (broad SMARTS) is 1. The first kappa shape index (κ1) is 11.8. The largest absolute Gasteiger partial charge is 0.478 e. The molecule has 1 aromatic heterocycles. The zero-order chi connectivity index (χ0) is 13.0. The number of nitrogens with one attached hydrogen (secondary N) is 1. The highest BCUT2D eigenvalue weighted by Crippen LogP contribution is 2.10. The first-order valence-electron chi connectivity index (χ1n) is 5.12. The molecule has 1 aromatic carbocycles. The van der Waals surface area contributed by atoms with Crippen LogP contribution in [0.15, 0.2) is 36.7 Å². The lowest BCUT2D eigenvalue weighted by Crippen LogP contribution is -2.19. The zero-order valence-corrected chi connectivity index (χ0v) is 9.28. The van der Waals surface area contributed by atoms with Gasteiger partial charge in [-0.05, 0) is 18.2 Å². The zero-order valence-electron chi connectivity index (χ0n) is 9.28. The summed E-state index contributed by atoms with van der Waals surface area (Å²) < 4.78 is 1.37. The van der Waals surface area contributed by atoms with Crippen molar-refractivity contribution in [1.82, 2.24) is 15.0 Å². The minimum Gasteiger partial charge on any atom is -0.478 e. The summed E-state index contributed by atoms with van der Waals surface area (Å²) in [4.78, 5) is 22.4. The van der Waals surface area contributed by atoms with Gasteiger partial charge < -0.3 is 10.4 Å². The third-order valence-corrected chi connectivity index (χ3v) is 2.17. The summed E-state index contributed by atoms with van der Waals surface area (Å²) in [5, 5.41) is 18.6. The van der Waals surface area contributed by atoms with E-state index in [1.54, 1.807) is 18.3 Å². The number of carboxylic acids is 1. The summed E-state index contributed by atoms with van der Waals surface area (Å²) in [6.45, 7) is 0.0251. The van der Waals surface area contributed by atoms with Gasteiger partial charge in [0.25, 0.3) is 0 Å². The molecule has 0 bridgehead atoms. The fourth-order valence-corrected chi connectivity index (χ4v) is 1.39. The van der Waals surface area contributed by atoms with E-state index in [-0.39, 0.29) is 18.0 Å². The third-order valence-electron chi connectivity index (χ3n) is 2.17. The average molecular weight is 246 g/mol. The molecule has 0 unspecified atom stereocenters. The molecule has 2 rings (SSSR count). The van der Waals surface area contributed by atoms with Gasteiger partial charge in [-0.1, -0.05) is 11.3 Å². The highest BCUT2D eigenvalue weighted by atomic mass is 16.4. The van der Waals surface area contributed by atoms with Gasteiger partial charge >= 0.3 is 5.97 Å². The van der Waals surface area contributed by atoms with Crippen molar-refractivity contribution in [2.75, 3.05) is 5.32 Å². The van der Waals surface area contributed by atoms with E-state index < -0.39 is 5.97 Å². The van der Waals surface area contributed by atoms with Crippen molar-refractivity contribution < 1.29 is 14.7 Å². The Hall–Kier alpha value is -2.70. The number of aromatic carboxylic acids is 1. The smallest absolute Gasteiger partial charge is 0.335 e. The second-order valence-corrected chi connectivity index (χ2v) is 3.53. The van der Waals surface area contributed by atoms with Crippen molar-refractivity contribution in [3.63, 3.8) is 0 Å². The standard InChI is InChI=1S/C11H10N4O3/c16-10(7-15-5-4-12-14-15)13-9-3-1-2-8(6-9)11(17)18/h1-6H,7H2,(H,13,16)(H,17,18). The number of hydrogen-bond donors (Lipinski definition) is 2. The molecule has 7 heteroatoms. The molecule has 0 fully saturated rings. The number of benzene rings is 1. The van der Waals surface area contributed by atoms with E-state index in [0.29, 0.717) is 5.69 Å². The molecule has 7 nitrogen and oxygen atoms in total. The molecule has 1 heterocycles. The van der Waals surface area contributed by atoms with Crippen LogP contribution in [0.2, 0.25) is 0 Å². The summed E-state index contributed by atoms with van der Waals surface area (Å²) in [5.41, 5.74) is 0.550. The number of carbonyl (C=O) groups is 2. The van der Waals surface area contributed by atoms with Crippen molar-refractivity contribution in [2.45, 2.75) is 6.54 Å². The predicted molar refractivity (Wildman–Crippen MR) is 62.1 cm³/mol. The maximum atomic E-state index is 11.6. The number of anilines is 1. The van der Waals surface area contributed by atoms with Crippen LogP contribution in [0, 0.1) is 0 Å². The lowest BCUT2D eigenvalue weighted by molar-refractivity contribution is -0.116. The third kappa shape index (κ3) is 2.91. The molecule has 0 aliphatic carbocycles. The minimum absolute atomic E-state index is 0.0251. The van der Waals surface area contributed by atoms with E-state index in [1.165, 1.54) is 23.0 Å². The topological polar surface area (TPSA) is 97.1 Å². The van der Waals surface area contributed by atoms with Crippen LogP contribution in [0.4, 0.5) is 5.69 Å². The molecule has 0 atom stereocenters. The van der Waals surface area contributed by atoms with Crippen LogP contribution in [0.5, 0.6) is 0 Å². The van der Waals surface area contributed by atoms with Crippen molar-refractivity contribution in [1.29, 1.82) is 0 Å². The molecule has 2 N–H and O–H groups in total. The van der Waals surface area contributed by atoms with Gasteiger partial charge in [-0.15, -0.1) is 5.10 Å². The minimum atomic E-state index is -1.04. The maximum absolute atomic E-state index is 11.6. The number of rotatable bonds is 4. The van der Waals surface area contributed by atoms with E-state index in [0.717, 1.165) is 0 Å². The van der Waals surface area contributed by atoms with Gasteiger partial charge in [0.05, 0.1) is 11.8 Å². The van der Waals surface area contributed by atoms with Crippen LogP contribution in [-0.4, -0.2) is 32.0 Å². The Labute approximate surface area is 102 Å². The van der Waals surface area contributed by atoms with Crippen molar-refractivity contribution >= 4 is 17.6 Å². The first-order valence-corrected chi connectivity index (χ1v) is 5.12. The molecule has 0 spiro atoms. The van der Waals surface area contributed by atoms with Gasteiger partial charge in [0, 0.05) is 11.9 Å². The highest BCUT2D eigenvalue weighted by Gasteiger charge is 2.07. The lowest BCUT2D eigenvalue weighted by atomic mass is 10.2. The van der Waals surface area contributed by atoms with E-state index in [9.17, 15) is 9.59 Å². The molecule has 0 saturated carbocycles. The van der Waals surface area contributed by atoms with Gasteiger partial charge in [-0.3, -0.25) is 4.79 Å². The predicted octanol–water partition coefficient (Wildman–Crippen LogP) is 0.615. The van der Waals surface area contributed by atoms with Crippen LogP contribution in [0.25, 0.3) is 0 Å². The number of aromatic nitrogens is 3.